The number of anilines is 5. The summed E-state index contributed by atoms with van der Waals surface area (Å²) >= 11 is 12.3. The first-order valence-electron chi connectivity index (χ1n) is 19.4. The Morgan fingerprint density at radius 1 is 0.617 bits per heavy atom. The van der Waals surface area contributed by atoms with Crippen molar-refractivity contribution in [1.29, 1.82) is 0 Å². The summed E-state index contributed by atoms with van der Waals surface area (Å²) in [6.07, 6.45) is 8.03. The van der Waals surface area contributed by atoms with Gasteiger partial charge < -0.3 is 19.6 Å². The van der Waals surface area contributed by atoms with Crippen LogP contribution in [0.3, 0.4) is 0 Å². The lowest BCUT2D eigenvalue weighted by atomic mass is 9.99. The predicted molar refractivity (Wildman–Crippen MR) is 235 cm³/mol. The zero-order valence-electron chi connectivity index (χ0n) is 32.1. The number of carbonyl (C=O) groups excluding carboxylic acids is 2. The molecule has 60 heavy (non-hydrogen) atoms. The molecule has 4 aliphatic rings. The van der Waals surface area contributed by atoms with Crippen LogP contribution in [-0.4, -0.2) is 76.9 Å². The van der Waals surface area contributed by atoms with Crippen molar-refractivity contribution in [2.45, 2.75) is 60.4 Å². The summed E-state index contributed by atoms with van der Waals surface area (Å²) in [5.74, 6) is 0.238. The van der Waals surface area contributed by atoms with E-state index in [9.17, 15) is 26.4 Å². The highest BCUT2D eigenvalue weighted by Crippen LogP contribution is 2.37. The molecule has 2 saturated heterocycles. The first-order valence-corrected chi connectivity index (χ1v) is 24.0. The van der Waals surface area contributed by atoms with E-state index in [1.807, 2.05) is 36.4 Å². The van der Waals surface area contributed by atoms with Crippen LogP contribution in [0.5, 0.6) is 0 Å². The molecular weight excluding hydrogens is 869 g/mol. The maximum absolute atomic E-state index is 13.3. The van der Waals surface area contributed by atoms with Gasteiger partial charge in [-0.15, -0.1) is 0 Å². The van der Waals surface area contributed by atoms with Crippen LogP contribution in [0.4, 0.5) is 28.6 Å². The van der Waals surface area contributed by atoms with Crippen molar-refractivity contribution in [3.63, 3.8) is 0 Å². The van der Waals surface area contributed by atoms with Gasteiger partial charge in [0, 0.05) is 75.9 Å². The van der Waals surface area contributed by atoms with Crippen LogP contribution < -0.4 is 24.3 Å². The number of hydrogen-bond donors (Lipinski definition) is 1. The van der Waals surface area contributed by atoms with Crippen molar-refractivity contribution in [1.82, 2.24) is 9.97 Å². The van der Waals surface area contributed by atoms with Gasteiger partial charge in [-0.25, -0.2) is 26.8 Å². The maximum atomic E-state index is 13.3. The molecule has 2 unspecified atom stereocenters. The highest BCUT2D eigenvalue weighted by molar-refractivity contribution is 8.13. The number of halogens is 3. The number of sulfonamides is 1. The average molecular weight is 909 g/mol. The molecule has 13 nitrogen and oxygen atoms in total. The fraction of sp³-hybridized carbons (Fsp3) is 0.286. The van der Waals surface area contributed by atoms with Gasteiger partial charge in [0.15, 0.2) is 0 Å². The van der Waals surface area contributed by atoms with Crippen LogP contribution in [0, 0.1) is 0 Å². The summed E-state index contributed by atoms with van der Waals surface area (Å²) in [5, 5.41) is 1.42. The van der Waals surface area contributed by atoms with Gasteiger partial charge in [-0.05, 0) is 141 Å². The van der Waals surface area contributed by atoms with Gasteiger partial charge >= 0.3 is 0 Å². The Kier molecular flexibility index (Phi) is 12.0. The Balaban J connectivity index is 0.000000170. The van der Waals surface area contributed by atoms with E-state index in [4.69, 9.17) is 33.9 Å². The normalized spacial score (nSPS) is 19.1. The number of aryl methyl sites for hydroxylation is 2. The maximum Gasteiger partial charge on any atom is 0.263 e. The summed E-state index contributed by atoms with van der Waals surface area (Å²) in [7, 11) is -2.21. The Bertz CT molecular complexity index is 2640. The van der Waals surface area contributed by atoms with E-state index in [2.05, 4.69) is 24.5 Å². The second-order valence-electron chi connectivity index (χ2n) is 14.9. The minimum atomic E-state index is -3.79. The minimum Gasteiger partial charge on any atom is -0.359 e. The molecule has 2 atom stereocenters. The van der Waals surface area contributed by atoms with E-state index in [-0.39, 0.29) is 39.5 Å². The van der Waals surface area contributed by atoms with E-state index in [0.717, 1.165) is 56.6 Å². The van der Waals surface area contributed by atoms with Crippen molar-refractivity contribution in [3.8, 4) is 0 Å². The van der Waals surface area contributed by atoms with E-state index >= 15 is 0 Å². The second kappa shape index (κ2) is 17.2. The number of carbonyl (C=O) groups is 2. The Morgan fingerprint density at radius 3 is 1.55 bits per heavy atom. The summed E-state index contributed by atoms with van der Waals surface area (Å²) < 4.78 is 50.5. The predicted octanol–water partition coefficient (Wildman–Crippen LogP) is 7.31. The van der Waals surface area contributed by atoms with Crippen molar-refractivity contribution >= 4 is 93.3 Å². The topological polar surface area (TPSA) is 153 Å². The quantitative estimate of drug-likeness (QED) is 0.157. The van der Waals surface area contributed by atoms with Crippen molar-refractivity contribution < 1.29 is 26.4 Å². The molecule has 2 fully saturated rings. The largest absolute Gasteiger partial charge is 0.359 e. The van der Waals surface area contributed by atoms with Gasteiger partial charge in [0.05, 0.1) is 9.79 Å². The molecule has 0 bridgehead atoms. The van der Waals surface area contributed by atoms with Gasteiger partial charge in [0.2, 0.25) is 11.8 Å². The molecule has 312 valence electrons. The van der Waals surface area contributed by atoms with Crippen molar-refractivity contribution in [2.24, 2.45) is 0 Å². The number of amides is 2. The van der Waals surface area contributed by atoms with Crippen LogP contribution in [0.15, 0.2) is 113 Å². The number of nitrogens with one attached hydrogen (secondary N) is 1. The molecule has 9 rings (SSSR count). The first-order chi connectivity index (χ1) is 28.8. The van der Waals surface area contributed by atoms with Crippen molar-refractivity contribution in [3.05, 3.63) is 125 Å². The summed E-state index contributed by atoms with van der Waals surface area (Å²) in [6, 6.07) is 25.1. The van der Waals surface area contributed by atoms with E-state index in [1.165, 1.54) is 54.0 Å². The zero-order chi connectivity index (χ0) is 42.2. The Morgan fingerprint density at radius 2 is 1.10 bits per heavy atom. The van der Waals surface area contributed by atoms with Gasteiger partial charge in [-0.1, -0.05) is 23.2 Å². The smallest absolute Gasteiger partial charge is 0.263 e. The third-order valence-electron chi connectivity index (χ3n) is 11.2. The molecule has 0 radical (unpaired) electrons. The third kappa shape index (κ3) is 8.77. The molecule has 5 heterocycles. The fourth-order valence-electron chi connectivity index (χ4n) is 8.40. The van der Waals surface area contributed by atoms with Gasteiger partial charge in [0.25, 0.3) is 19.1 Å². The lowest BCUT2D eigenvalue weighted by Gasteiger charge is -2.35. The average Bonchev–Trinajstić information content (AvgIpc) is 3.82. The molecule has 0 saturated carbocycles. The molecular formula is C42H40Cl3N7O6S2. The number of fused-ring (bicyclic) bond motifs is 2. The number of rotatable bonds is 8. The summed E-state index contributed by atoms with van der Waals surface area (Å²) in [4.78, 5) is 42.0. The summed E-state index contributed by atoms with van der Waals surface area (Å²) in [6.45, 7) is 2.83. The van der Waals surface area contributed by atoms with E-state index in [0.29, 0.717) is 40.9 Å². The molecule has 18 heteroatoms. The Labute approximate surface area is 363 Å². The van der Waals surface area contributed by atoms with Gasteiger partial charge in [-0.2, -0.15) is 0 Å². The Hall–Kier alpha value is -4.93. The molecule has 2 amide bonds. The minimum absolute atomic E-state index is 0.0208. The lowest BCUT2D eigenvalue weighted by Crippen LogP contribution is -2.44. The monoisotopic (exact) mass is 907 g/mol. The molecule has 5 aromatic rings. The molecule has 4 aromatic carbocycles. The highest BCUT2D eigenvalue weighted by atomic mass is 35.7. The molecule has 1 N–H and O–H groups in total. The van der Waals surface area contributed by atoms with Gasteiger partial charge in [-0.3, -0.25) is 14.3 Å². The SMILES string of the molecule is O=C1C(N2CCCc3cc(Cl)ccc32)CCN1c1ccc(S(=O)(=O)Cl)cc1.O=C1C(N2CCCc3cc(Cl)ccc32)CCN1c1ccc(S(=O)(=O)Nc2ccncn2)cc1. The molecule has 0 spiro atoms. The fourth-order valence-corrected chi connectivity index (χ4v) is 10.6. The van der Waals surface area contributed by atoms with Gasteiger partial charge in [0.1, 0.15) is 24.2 Å². The van der Waals surface area contributed by atoms with Crippen LogP contribution in [0.25, 0.3) is 0 Å². The van der Waals surface area contributed by atoms with Crippen LogP contribution in [0.1, 0.15) is 36.8 Å². The van der Waals surface area contributed by atoms with E-state index < -0.39 is 19.1 Å². The van der Waals surface area contributed by atoms with E-state index in [1.54, 1.807) is 34.1 Å². The third-order valence-corrected chi connectivity index (χ3v) is 14.4. The van der Waals surface area contributed by atoms with Crippen LogP contribution in [-0.2, 0) is 41.5 Å². The highest BCUT2D eigenvalue weighted by Gasteiger charge is 2.40. The standard InChI is InChI=1S/C23H22ClN5O3S.C19H18Cl2N2O3S/c24-17-3-8-20-16(14-17)2-1-12-29(20)21-10-13-28(23(21)30)18-4-6-19(7-5-18)33(31,32)27-22-9-11-25-15-26-22;20-14-3-8-17-13(12-14)2-1-10-23(17)18-9-11-22(19(18)24)15-4-6-16(7-5-15)27(21,25)26/h3-9,11,14-15,21H,1-2,10,12-13H2,(H,25,26,27);3-8,12,18H,1-2,9-11H2. The number of hydrogen-bond acceptors (Lipinski definition) is 10. The summed E-state index contributed by atoms with van der Waals surface area (Å²) in [5.41, 5.74) is 5.86. The molecule has 4 aliphatic heterocycles. The molecule has 1 aromatic heterocycles. The second-order valence-corrected chi connectivity index (χ2v) is 20.0. The van der Waals surface area contributed by atoms with Crippen LogP contribution >= 0.6 is 33.9 Å². The molecule has 0 aliphatic carbocycles. The zero-order valence-corrected chi connectivity index (χ0v) is 36.0. The van der Waals surface area contributed by atoms with Crippen LogP contribution in [0.2, 0.25) is 10.0 Å². The number of nitrogens with zero attached hydrogens (tertiary/aromatic N) is 6. The van der Waals surface area contributed by atoms with Crippen molar-refractivity contribution in [2.75, 3.05) is 50.5 Å². The number of benzene rings is 4. The number of aromatic nitrogens is 2. The lowest BCUT2D eigenvalue weighted by molar-refractivity contribution is -0.119. The first kappa shape index (κ1) is 41.8.